The molecular weight excluding hydrogens is 409 g/mol. The van der Waals surface area contributed by atoms with Crippen LogP contribution in [0.15, 0.2) is 36.4 Å². The van der Waals surface area contributed by atoms with Crippen molar-refractivity contribution in [2.75, 3.05) is 6.61 Å². The van der Waals surface area contributed by atoms with Gasteiger partial charge in [0.05, 0.1) is 17.7 Å². The molecule has 2 rings (SSSR count). The summed E-state index contributed by atoms with van der Waals surface area (Å²) in [5.74, 6) is -5.16. The van der Waals surface area contributed by atoms with E-state index < -0.39 is 36.0 Å². The number of unbranched alkanes of at least 4 members (excludes halogenated alkanes) is 6. The van der Waals surface area contributed by atoms with Gasteiger partial charge in [-0.1, -0.05) is 57.6 Å². The summed E-state index contributed by atoms with van der Waals surface area (Å²) in [5.41, 5.74) is -0.331. The number of carbonyl (C=O) groups is 2. The molecule has 0 saturated carbocycles. The van der Waals surface area contributed by atoms with E-state index in [1.165, 1.54) is 31.4 Å². The number of halogens is 3. The van der Waals surface area contributed by atoms with Crippen molar-refractivity contribution in [3.63, 3.8) is 0 Å². The lowest BCUT2D eigenvalue weighted by Crippen LogP contribution is -2.15. The summed E-state index contributed by atoms with van der Waals surface area (Å²) < 4.78 is 50.3. The third-order valence-corrected chi connectivity index (χ3v) is 4.80. The van der Waals surface area contributed by atoms with Gasteiger partial charge in [0.2, 0.25) is 0 Å². The lowest BCUT2D eigenvalue weighted by atomic mass is 10.1. The Kier molecular flexibility index (Phi) is 10.1. The molecular formula is C24H27F3O4. The summed E-state index contributed by atoms with van der Waals surface area (Å²) in [7, 11) is 0. The minimum atomic E-state index is -1.33. The summed E-state index contributed by atoms with van der Waals surface area (Å²) in [6, 6.07) is 6.95. The Morgan fingerprint density at radius 3 is 1.94 bits per heavy atom. The van der Waals surface area contributed by atoms with Gasteiger partial charge >= 0.3 is 11.9 Å². The van der Waals surface area contributed by atoms with Gasteiger partial charge in [-0.25, -0.2) is 22.8 Å². The first-order chi connectivity index (χ1) is 14.9. The Balaban J connectivity index is 1.88. The molecule has 0 saturated heterocycles. The number of rotatable bonds is 12. The molecule has 0 heterocycles. The second kappa shape index (κ2) is 12.8. The van der Waals surface area contributed by atoms with Crippen LogP contribution in [0, 0.1) is 17.5 Å². The zero-order chi connectivity index (χ0) is 22.6. The van der Waals surface area contributed by atoms with Crippen molar-refractivity contribution >= 4 is 11.9 Å². The topological polar surface area (TPSA) is 52.6 Å². The van der Waals surface area contributed by atoms with Gasteiger partial charge in [-0.3, -0.25) is 0 Å². The number of esters is 2. The molecule has 0 spiro atoms. The summed E-state index contributed by atoms with van der Waals surface area (Å²) in [6.07, 6.45) is 7.57. The van der Waals surface area contributed by atoms with Crippen LogP contribution in [0.2, 0.25) is 0 Å². The number of ether oxygens (including phenoxy) is 2. The van der Waals surface area contributed by atoms with E-state index in [0.29, 0.717) is 12.1 Å². The number of hydrogen-bond acceptors (Lipinski definition) is 4. The summed E-state index contributed by atoms with van der Waals surface area (Å²) in [4.78, 5) is 24.8. The van der Waals surface area contributed by atoms with E-state index in [-0.39, 0.29) is 23.3 Å². The Hall–Kier alpha value is -2.83. The standard InChI is InChI=1S/C24H27F3O4/c1-2-3-4-5-6-7-10-13-30-23(28)18-11-8-9-12-19(18)24(29)31-16-17-14-21(26)22(27)15-20(17)25/h8-9,11-12,14-15H,2-7,10,13,16H2,1H3. The van der Waals surface area contributed by atoms with Crippen LogP contribution in [0.4, 0.5) is 13.2 Å². The average molecular weight is 436 g/mol. The Morgan fingerprint density at radius 2 is 1.29 bits per heavy atom. The molecule has 2 aromatic carbocycles. The van der Waals surface area contributed by atoms with Gasteiger partial charge in [0, 0.05) is 11.6 Å². The van der Waals surface area contributed by atoms with Crippen molar-refractivity contribution in [2.45, 2.75) is 58.5 Å². The van der Waals surface area contributed by atoms with E-state index in [1.807, 2.05) is 0 Å². The third kappa shape index (κ3) is 7.74. The van der Waals surface area contributed by atoms with Crippen molar-refractivity contribution in [2.24, 2.45) is 0 Å². The zero-order valence-corrected chi connectivity index (χ0v) is 17.6. The summed E-state index contributed by atoms with van der Waals surface area (Å²) >= 11 is 0. The molecule has 2 aromatic rings. The maximum absolute atomic E-state index is 13.7. The van der Waals surface area contributed by atoms with E-state index in [0.717, 1.165) is 25.7 Å². The molecule has 168 valence electrons. The molecule has 0 aliphatic carbocycles. The second-order valence-corrected chi connectivity index (χ2v) is 7.24. The van der Waals surface area contributed by atoms with E-state index in [1.54, 1.807) is 12.1 Å². The van der Waals surface area contributed by atoms with Gasteiger partial charge in [0.1, 0.15) is 12.4 Å². The molecule has 0 aliphatic rings. The highest BCUT2D eigenvalue weighted by atomic mass is 19.2. The quantitative estimate of drug-likeness (QED) is 0.220. The minimum absolute atomic E-state index is 0.0289. The van der Waals surface area contributed by atoms with Crippen molar-refractivity contribution in [3.8, 4) is 0 Å². The molecule has 0 radical (unpaired) electrons. The molecule has 0 unspecified atom stereocenters. The number of benzene rings is 2. The Morgan fingerprint density at radius 1 is 0.742 bits per heavy atom. The predicted octanol–water partition coefficient (Wildman–Crippen LogP) is 6.37. The van der Waals surface area contributed by atoms with Crippen LogP contribution in [0.3, 0.4) is 0 Å². The molecule has 0 amide bonds. The first kappa shape index (κ1) is 24.4. The first-order valence-corrected chi connectivity index (χ1v) is 10.5. The largest absolute Gasteiger partial charge is 0.462 e. The zero-order valence-electron chi connectivity index (χ0n) is 17.6. The molecule has 4 nitrogen and oxygen atoms in total. The highest BCUT2D eigenvalue weighted by Crippen LogP contribution is 2.17. The lowest BCUT2D eigenvalue weighted by Gasteiger charge is -2.10. The smallest absolute Gasteiger partial charge is 0.339 e. The minimum Gasteiger partial charge on any atom is -0.462 e. The second-order valence-electron chi connectivity index (χ2n) is 7.24. The monoisotopic (exact) mass is 436 g/mol. The molecule has 0 fully saturated rings. The van der Waals surface area contributed by atoms with Crippen molar-refractivity contribution in [1.29, 1.82) is 0 Å². The van der Waals surface area contributed by atoms with Crippen molar-refractivity contribution in [3.05, 3.63) is 70.5 Å². The van der Waals surface area contributed by atoms with Crippen LogP contribution in [0.1, 0.15) is 78.1 Å². The highest BCUT2D eigenvalue weighted by molar-refractivity contribution is 6.03. The number of hydrogen-bond donors (Lipinski definition) is 0. The van der Waals surface area contributed by atoms with E-state index in [2.05, 4.69) is 6.92 Å². The third-order valence-electron chi connectivity index (χ3n) is 4.80. The van der Waals surface area contributed by atoms with Crippen LogP contribution in [0.25, 0.3) is 0 Å². The summed E-state index contributed by atoms with van der Waals surface area (Å²) in [5, 5.41) is 0. The predicted molar refractivity (Wildman–Crippen MR) is 110 cm³/mol. The average Bonchev–Trinajstić information content (AvgIpc) is 2.76. The maximum atomic E-state index is 13.7. The van der Waals surface area contributed by atoms with Crippen LogP contribution in [0.5, 0.6) is 0 Å². The lowest BCUT2D eigenvalue weighted by molar-refractivity contribution is 0.0433. The molecule has 0 N–H and O–H groups in total. The van der Waals surface area contributed by atoms with Crippen molar-refractivity contribution < 1.29 is 32.2 Å². The fourth-order valence-electron chi connectivity index (χ4n) is 3.04. The van der Waals surface area contributed by atoms with Crippen LogP contribution >= 0.6 is 0 Å². The molecule has 0 aliphatic heterocycles. The van der Waals surface area contributed by atoms with Gasteiger partial charge in [-0.05, 0) is 24.6 Å². The van der Waals surface area contributed by atoms with Gasteiger partial charge in [-0.15, -0.1) is 0 Å². The van der Waals surface area contributed by atoms with Gasteiger partial charge < -0.3 is 9.47 Å². The Labute approximate surface area is 180 Å². The molecule has 0 atom stereocenters. The van der Waals surface area contributed by atoms with Gasteiger partial charge in [0.15, 0.2) is 11.6 Å². The highest BCUT2D eigenvalue weighted by Gasteiger charge is 2.20. The fourth-order valence-corrected chi connectivity index (χ4v) is 3.04. The van der Waals surface area contributed by atoms with Gasteiger partial charge in [0.25, 0.3) is 0 Å². The van der Waals surface area contributed by atoms with E-state index in [9.17, 15) is 22.8 Å². The van der Waals surface area contributed by atoms with Crippen molar-refractivity contribution in [1.82, 2.24) is 0 Å². The number of carbonyl (C=O) groups excluding carboxylic acids is 2. The molecule has 31 heavy (non-hydrogen) atoms. The van der Waals surface area contributed by atoms with E-state index in [4.69, 9.17) is 9.47 Å². The van der Waals surface area contributed by atoms with Crippen LogP contribution in [-0.4, -0.2) is 18.5 Å². The summed E-state index contributed by atoms with van der Waals surface area (Å²) in [6.45, 7) is 1.80. The SMILES string of the molecule is CCCCCCCCCOC(=O)c1ccccc1C(=O)OCc1cc(F)c(F)cc1F. The Bertz CT molecular complexity index is 883. The first-order valence-electron chi connectivity index (χ1n) is 10.5. The van der Waals surface area contributed by atoms with Crippen LogP contribution < -0.4 is 0 Å². The fraction of sp³-hybridized carbons (Fsp3) is 0.417. The molecule has 0 aromatic heterocycles. The molecule has 7 heteroatoms. The van der Waals surface area contributed by atoms with Gasteiger partial charge in [-0.2, -0.15) is 0 Å². The van der Waals surface area contributed by atoms with Crippen LogP contribution in [-0.2, 0) is 16.1 Å². The molecule has 0 bridgehead atoms. The van der Waals surface area contributed by atoms with E-state index >= 15 is 0 Å². The maximum Gasteiger partial charge on any atom is 0.339 e. The normalized spacial score (nSPS) is 10.7.